The molecular weight excluding hydrogens is 344 g/mol. The van der Waals surface area contributed by atoms with E-state index in [4.69, 9.17) is 9.47 Å². The third-order valence-electron chi connectivity index (χ3n) is 4.80. The van der Waals surface area contributed by atoms with Crippen LogP contribution in [0.3, 0.4) is 0 Å². The van der Waals surface area contributed by atoms with Gasteiger partial charge in [-0.25, -0.2) is 14.7 Å². The number of fused-ring (bicyclic) bond motifs is 2. The molecule has 25 heavy (non-hydrogen) atoms. The molecule has 0 spiro atoms. The summed E-state index contributed by atoms with van der Waals surface area (Å²) < 4.78 is 34.4. The molecule has 8 nitrogen and oxygen atoms in total. The SMILES string of the molecule is O=S([O-])NCCC1CCN(c2ncnc3cc4c(cc23)OCO4)CC1. The Morgan fingerprint density at radius 3 is 2.76 bits per heavy atom. The topological polar surface area (TPSA) is 99.6 Å². The summed E-state index contributed by atoms with van der Waals surface area (Å²) in [6.45, 7) is 2.53. The second-order valence-corrected chi connectivity index (χ2v) is 7.03. The third kappa shape index (κ3) is 3.53. The van der Waals surface area contributed by atoms with Crippen molar-refractivity contribution in [1.82, 2.24) is 14.7 Å². The van der Waals surface area contributed by atoms with E-state index in [0.717, 1.165) is 60.6 Å². The Morgan fingerprint density at radius 1 is 1.24 bits per heavy atom. The van der Waals surface area contributed by atoms with E-state index in [-0.39, 0.29) is 6.79 Å². The minimum absolute atomic E-state index is 0.238. The Morgan fingerprint density at radius 2 is 2.00 bits per heavy atom. The highest BCUT2D eigenvalue weighted by molar-refractivity contribution is 7.77. The van der Waals surface area contributed by atoms with Gasteiger partial charge in [0, 0.05) is 42.4 Å². The number of ether oxygens (including phenoxy) is 2. The van der Waals surface area contributed by atoms with Gasteiger partial charge in [-0.15, -0.1) is 0 Å². The van der Waals surface area contributed by atoms with Crippen molar-refractivity contribution in [3.8, 4) is 11.5 Å². The number of aromatic nitrogens is 2. The first-order valence-electron chi connectivity index (χ1n) is 8.33. The summed E-state index contributed by atoms with van der Waals surface area (Å²) in [6, 6.07) is 3.84. The van der Waals surface area contributed by atoms with Crippen molar-refractivity contribution in [3.63, 3.8) is 0 Å². The molecule has 0 bridgehead atoms. The van der Waals surface area contributed by atoms with Crippen molar-refractivity contribution in [1.29, 1.82) is 0 Å². The number of benzene rings is 1. The van der Waals surface area contributed by atoms with Crippen LogP contribution in [0.4, 0.5) is 5.82 Å². The van der Waals surface area contributed by atoms with Gasteiger partial charge in [0.1, 0.15) is 12.1 Å². The molecular formula is C16H19N4O4S-. The lowest BCUT2D eigenvalue weighted by Gasteiger charge is -2.33. The first kappa shape index (κ1) is 16.5. The van der Waals surface area contributed by atoms with E-state index < -0.39 is 11.3 Å². The van der Waals surface area contributed by atoms with Crippen LogP contribution in [-0.4, -0.2) is 45.2 Å². The van der Waals surface area contributed by atoms with Gasteiger partial charge < -0.3 is 18.9 Å². The molecule has 1 aromatic carbocycles. The lowest BCUT2D eigenvalue weighted by Crippen LogP contribution is -2.35. The quantitative estimate of drug-likeness (QED) is 0.800. The second kappa shape index (κ2) is 7.11. The van der Waals surface area contributed by atoms with E-state index in [9.17, 15) is 8.76 Å². The summed E-state index contributed by atoms with van der Waals surface area (Å²) in [7, 11) is 0. The van der Waals surface area contributed by atoms with Crippen LogP contribution in [0.25, 0.3) is 10.9 Å². The Hall–Kier alpha value is -1.97. The molecule has 2 aliphatic heterocycles. The molecule has 1 unspecified atom stereocenters. The van der Waals surface area contributed by atoms with E-state index in [1.54, 1.807) is 6.33 Å². The van der Waals surface area contributed by atoms with Crippen LogP contribution in [-0.2, 0) is 11.3 Å². The number of hydrogen-bond acceptors (Lipinski definition) is 7. The highest BCUT2D eigenvalue weighted by atomic mass is 32.2. The fourth-order valence-corrected chi connectivity index (χ4v) is 3.75. The highest BCUT2D eigenvalue weighted by Crippen LogP contribution is 2.38. The summed E-state index contributed by atoms with van der Waals surface area (Å²) in [4.78, 5) is 11.1. The Bertz CT molecular complexity index is 795. The van der Waals surface area contributed by atoms with Crippen LogP contribution in [0, 0.1) is 5.92 Å². The van der Waals surface area contributed by atoms with E-state index in [1.807, 2.05) is 12.1 Å². The smallest absolute Gasteiger partial charge is 0.231 e. The summed E-state index contributed by atoms with van der Waals surface area (Å²) in [5.41, 5.74) is 0.846. The highest BCUT2D eigenvalue weighted by Gasteiger charge is 2.23. The fraction of sp³-hybridized carbons (Fsp3) is 0.500. The maximum Gasteiger partial charge on any atom is 0.231 e. The maximum absolute atomic E-state index is 10.5. The number of hydrogen-bond donors (Lipinski definition) is 1. The molecule has 1 aromatic heterocycles. The molecule has 0 aliphatic carbocycles. The number of piperidine rings is 1. The molecule has 1 saturated heterocycles. The van der Waals surface area contributed by atoms with Gasteiger partial charge in [0.05, 0.1) is 5.52 Å². The van der Waals surface area contributed by atoms with Crippen molar-refractivity contribution in [2.24, 2.45) is 5.92 Å². The minimum Gasteiger partial charge on any atom is -0.760 e. The summed E-state index contributed by atoms with van der Waals surface area (Å²) in [5.74, 6) is 2.90. The average Bonchev–Trinajstić information content (AvgIpc) is 3.07. The van der Waals surface area contributed by atoms with Crippen LogP contribution < -0.4 is 19.1 Å². The molecule has 4 rings (SSSR count). The van der Waals surface area contributed by atoms with Gasteiger partial charge in [0.2, 0.25) is 6.79 Å². The zero-order chi connectivity index (χ0) is 17.2. The van der Waals surface area contributed by atoms with E-state index >= 15 is 0 Å². The van der Waals surface area contributed by atoms with Crippen molar-refractivity contribution in [2.75, 3.05) is 31.3 Å². The van der Waals surface area contributed by atoms with Gasteiger partial charge in [0.15, 0.2) is 11.5 Å². The predicted octanol–water partition coefficient (Wildman–Crippen LogP) is 1.35. The summed E-state index contributed by atoms with van der Waals surface area (Å²) >= 11 is -2.17. The van der Waals surface area contributed by atoms with E-state index in [2.05, 4.69) is 19.6 Å². The molecule has 3 heterocycles. The number of nitrogens with one attached hydrogen (secondary N) is 1. The fourth-order valence-electron chi connectivity index (χ4n) is 3.46. The normalized spacial score (nSPS) is 18.7. The second-order valence-electron chi connectivity index (χ2n) is 6.27. The minimum atomic E-state index is -2.17. The standard InChI is InChI=1S/C16H20N4O4S/c21-25(22)19-4-1-11-2-5-20(6-3-11)16-12-7-14-15(24-10-23-14)8-13(12)17-9-18-16/h7-9,11,19H,1-6,10H2,(H,21,22)/p-1. The van der Waals surface area contributed by atoms with Crippen molar-refractivity contribution in [3.05, 3.63) is 18.5 Å². The zero-order valence-electron chi connectivity index (χ0n) is 13.6. The number of nitrogens with zero attached hydrogens (tertiary/aromatic N) is 3. The average molecular weight is 363 g/mol. The van der Waals surface area contributed by atoms with Gasteiger partial charge in [-0.2, -0.15) is 0 Å². The molecule has 0 saturated carbocycles. The lowest BCUT2D eigenvalue weighted by molar-refractivity contribution is 0.174. The van der Waals surface area contributed by atoms with Crippen LogP contribution in [0.15, 0.2) is 18.5 Å². The third-order valence-corrected chi connectivity index (χ3v) is 5.24. The Kier molecular flexibility index (Phi) is 4.69. The van der Waals surface area contributed by atoms with Crippen LogP contribution >= 0.6 is 0 Å². The van der Waals surface area contributed by atoms with E-state index in [0.29, 0.717) is 12.5 Å². The molecule has 0 amide bonds. The first-order chi connectivity index (χ1) is 12.2. The molecule has 1 N–H and O–H groups in total. The molecule has 1 fully saturated rings. The Balaban J connectivity index is 1.47. The predicted molar refractivity (Wildman–Crippen MR) is 92.1 cm³/mol. The molecule has 2 aromatic rings. The largest absolute Gasteiger partial charge is 0.760 e. The van der Waals surface area contributed by atoms with Gasteiger partial charge in [-0.05, 0) is 31.2 Å². The maximum atomic E-state index is 10.5. The summed E-state index contributed by atoms with van der Waals surface area (Å²) in [6.07, 6.45) is 4.48. The van der Waals surface area contributed by atoms with E-state index in [1.165, 1.54) is 0 Å². The summed E-state index contributed by atoms with van der Waals surface area (Å²) in [5, 5.41) is 0.966. The van der Waals surface area contributed by atoms with Gasteiger partial charge in [-0.1, -0.05) is 0 Å². The molecule has 9 heteroatoms. The molecule has 2 aliphatic rings. The monoisotopic (exact) mass is 363 g/mol. The van der Waals surface area contributed by atoms with Gasteiger partial charge in [-0.3, -0.25) is 4.21 Å². The van der Waals surface area contributed by atoms with Crippen LogP contribution in [0.2, 0.25) is 0 Å². The van der Waals surface area contributed by atoms with Gasteiger partial charge >= 0.3 is 0 Å². The Labute approximate surface area is 148 Å². The van der Waals surface area contributed by atoms with Crippen molar-refractivity contribution in [2.45, 2.75) is 19.3 Å². The molecule has 1 atom stereocenters. The van der Waals surface area contributed by atoms with Crippen molar-refractivity contribution < 1.29 is 18.2 Å². The van der Waals surface area contributed by atoms with Crippen LogP contribution in [0.1, 0.15) is 19.3 Å². The van der Waals surface area contributed by atoms with Crippen LogP contribution in [0.5, 0.6) is 11.5 Å². The zero-order valence-corrected chi connectivity index (χ0v) is 14.5. The number of rotatable bonds is 5. The van der Waals surface area contributed by atoms with Crippen molar-refractivity contribution >= 4 is 28.0 Å². The molecule has 134 valence electrons. The first-order valence-corrected chi connectivity index (χ1v) is 9.40. The number of anilines is 1. The molecule has 0 radical (unpaired) electrons. The van der Waals surface area contributed by atoms with Gasteiger partial charge in [0.25, 0.3) is 0 Å². The lowest BCUT2D eigenvalue weighted by atomic mass is 9.93.